The minimum atomic E-state index is -0.505. The average Bonchev–Trinajstić information content (AvgIpc) is 3.20. The van der Waals surface area contributed by atoms with Crippen molar-refractivity contribution in [3.05, 3.63) is 92.4 Å². The zero-order valence-electron chi connectivity index (χ0n) is 18.7. The molecule has 0 radical (unpaired) electrons. The van der Waals surface area contributed by atoms with Gasteiger partial charge < -0.3 is 9.47 Å². The first-order valence-electron chi connectivity index (χ1n) is 11.2. The number of imidazole rings is 1. The molecule has 0 N–H and O–H groups in total. The molecule has 1 aliphatic heterocycles. The van der Waals surface area contributed by atoms with E-state index >= 15 is 0 Å². The van der Waals surface area contributed by atoms with Crippen LogP contribution in [0.5, 0.6) is 0 Å². The third-order valence-corrected chi connectivity index (χ3v) is 6.32. The van der Waals surface area contributed by atoms with E-state index in [1.54, 1.807) is 25.2 Å². The molecule has 170 valence electrons. The summed E-state index contributed by atoms with van der Waals surface area (Å²) in [6, 6.07) is 16.4. The molecule has 8 heteroatoms. The fourth-order valence-corrected chi connectivity index (χ4v) is 4.64. The first-order valence-corrected chi connectivity index (χ1v) is 11.2. The van der Waals surface area contributed by atoms with Crippen molar-refractivity contribution in [2.24, 2.45) is 13.0 Å². The maximum Gasteiger partial charge on any atom is 0.332 e. The molecule has 2 aromatic heterocycles. The van der Waals surface area contributed by atoms with Gasteiger partial charge >= 0.3 is 5.69 Å². The number of benzene rings is 2. The Bertz CT molecular complexity index is 1440. The van der Waals surface area contributed by atoms with Crippen molar-refractivity contribution in [3.8, 4) is 0 Å². The summed E-state index contributed by atoms with van der Waals surface area (Å²) in [5.74, 6) is 0.569. The number of nitrogens with zero attached hydrogens (tertiary/aromatic N) is 5. The quantitative estimate of drug-likeness (QED) is 0.472. The third kappa shape index (κ3) is 3.75. The summed E-state index contributed by atoms with van der Waals surface area (Å²) < 4.78 is 18.7. The predicted molar refractivity (Wildman–Crippen MR) is 126 cm³/mol. The van der Waals surface area contributed by atoms with Crippen LogP contribution in [0.25, 0.3) is 11.2 Å². The zero-order valence-corrected chi connectivity index (χ0v) is 18.7. The van der Waals surface area contributed by atoms with Crippen LogP contribution in [0.15, 0.2) is 64.2 Å². The SMILES string of the molecule is C[C@H]1CN(CCc2ccccc2)c2nc3c(c(=O)n(Cc4ccccc4F)c(=O)n3C)n2C1. The second-order valence-corrected chi connectivity index (χ2v) is 8.81. The predicted octanol–water partition coefficient (Wildman–Crippen LogP) is 2.78. The van der Waals surface area contributed by atoms with Crippen LogP contribution in [0.3, 0.4) is 0 Å². The Morgan fingerprint density at radius 2 is 1.76 bits per heavy atom. The monoisotopic (exact) mass is 447 g/mol. The molecule has 0 saturated heterocycles. The van der Waals surface area contributed by atoms with Crippen LogP contribution in [-0.4, -0.2) is 31.8 Å². The van der Waals surface area contributed by atoms with E-state index in [4.69, 9.17) is 4.98 Å². The Morgan fingerprint density at radius 1 is 1.03 bits per heavy atom. The molecule has 0 bridgehead atoms. The van der Waals surface area contributed by atoms with Crippen molar-refractivity contribution in [1.29, 1.82) is 0 Å². The molecular formula is C25H26FN5O2. The van der Waals surface area contributed by atoms with Crippen molar-refractivity contribution >= 4 is 17.1 Å². The molecule has 3 heterocycles. The summed E-state index contributed by atoms with van der Waals surface area (Å²) in [6.45, 7) is 4.25. The zero-order chi connectivity index (χ0) is 23.1. The number of rotatable bonds is 5. The first-order chi connectivity index (χ1) is 15.9. The number of halogens is 1. The summed E-state index contributed by atoms with van der Waals surface area (Å²) in [5.41, 5.74) is 1.34. The molecule has 1 aliphatic rings. The van der Waals surface area contributed by atoms with Gasteiger partial charge in [0.25, 0.3) is 5.56 Å². The molecule has 1 atom stereocenters. The molecule has 2 aromatic carbocycles. The minimum absolute atomic E-state index is 0.123. The van der Waals surface area contributed by atoms with Crippen molar-refractivity contribution in [1.82, 2.24) is 18.7 Å². The molecule has 0 amide bonds. The van der Waals surface area contributed by atoms with Crippen molar-refractivity contribution in [3.63, 3.8) is 0 Å². The summed E-state index contributed by atoms with van der Waals surface area (Å²) in [4.78, 5) is 33.4. The average molecular weight is 448 g/mol. The summed E-state index contributed by atoms with van der Waals surface area (Å²) >= 11 is 0. The number of hydrogen-bond donors (Lipinski definition) is 0. The van der Waals surface area contributed by atoms with E-state index in [-0.39, 0.29) is 6.54 Å². The van der Waals surface area contributed by atoms with E-state index in [1.807, 2.05) is 22.8 Å². The number of aryl methyl sites for hydroxylation is 1. The van der Waals surface area contributed by atoms with E-state index in [9.17, 15) is 14.0 Å². The molecular weight excluding hydrogens is 421 g/mol. The fourth-order valence-electron chi connectivity index (χ4n) is 4.64. The Morgan fingerprint density at radius 3 is 2.52 bits per heavy atom. The molecule has 0 fully saturated rings. The van der Waals surface area contributed by atoms with Crippen LogP contribution in [0, 0.1) is 11.7 Å². The van der Waals surface area contributed by atoms with Gasteiger partial charge in [-0.05, 0) is 24.0 Å². The largest absolute Gasteiger partial charge is 0.342 e. The maximum atomic E-state index is 14.2. The lowest BCUT2D eigenvalue weighted by Crippen LogP contribution is -2.41. The molecule has 4 aromatic rings. The summed E-state index contributed by atoms with van der Waals surface area (Å²) in [7, 11) is 1.61. The fraction of sp³-hybridized carbons (Fsp3) is 0.320. The van der Waals surface area contributed by atoms with Crippen molar-refractivity contribution in [2.45, 2.75) is 26.4 Å². The summed E-state index contributed by atoms with van der Waals surface area (Å²) in [5, 5.41) is 0. The number of fused-ring (bicyclic) bond motifs is 3. The van der Waals surface area contributed by atoms with Gasteiger partial charge in [0.1, 0.15) is 5.82 Å². The first kappa shape index (κ1) is 21.2. The Kier molecular flexibility index (Phi) is 5.36. The maximum absolute atomic E-state index is 14.2. The lowest BCUT2D eigenvalue weighted by Gasteiger charge is -2.33. The van der Waals surface area contributed by atoms with E-state index in [1.165, 1.54) is 16.2 Å². The second kappa shape index (κ2) is 8.35. The van der Waals surface area contributed by atoms with Crippen LogP contribution in [0.1, 0.15) is 18.1 Å². The highest BCUT2D eigenvalue weighted by atomic mass is 19.1. The van der Waals surface area contributed by atoms with Crippen LogP contribution in [0.4, 0.5) is 10.3 Å². The van der Waals surface area contributed by atoms with Gasteiger partial charge in [0.15, 0.2) is 11.2 Å². The van der Waals surface area contributed by atoms with Gasteiger partial charge in [0.2, 0.25) is 5.95 Å². The Hall–Kier alpha value is -3.68. The highest BCUT2D eigenvalue weighted by Gasteiger charge is 2.29. The van der Waals surface area contributed by atoms with E-state index in [0.717, 1.165) is 24.1 Å². The highest BCUT2D eigenvalue weighted by Crippen LogP contribution is 2.27. The van der Waals surface area contributed by atoms with Crippen LogP contribution >= 0.6 is 0 Å². The standard InChI is InChI=1S/C25H26FN5O2/c1-17-14-29(13-12-18-8-4-3-5-9-18)24-27-22-21(30(24)15-17)23(32)31(25(33)28(22)2)16-19-10-6-7-11-20(19)26/h3-11,17H,12-16H2,1-2H3/t17-/m0/s1. The molecule has 5 rings (SSSR count). The van der Waals surface area contributed by atoms with Crippen LogP contribution in [0.2, 0.25) is 0 Å². The van der Waals surface area contributed by atoms with Gasteiger partial charge in [0.05, 0.1) is 6.54 Å². The van der Waals surface area contributed by atoms with Gasteiger partial charge in [-0.25, -0.2) is 9.18 Å². The summed E-state index contributed by atoms with van der Waals surface area (Å²) in [6.07, 6.45) is 0.854. The smallest absolute Gasteiger partial charge is 0.332 e. The molecule has 7 nitrogen and oxygen atoms in total. The lowest BCUT2D eigenvalue weighted by atomic mass is 10.1. The van der Waals surface area contributed by atoms with Gasteiger partial charge in [-0.15, -0.1) is 0 Å². The van der Waals surface area contributed by atoms with E-state index < -0.39 is 17.1 Å². The highest BCUT2D eigenvalue weighted by molar-refractivity contribution is 5.75. The lowest BCUT2D eigenvalue weighted by molar-refractivity contribution is 0.436. The van der Waals surface area contributed by atoms with Gasteiger partial charge in [-0.3, -0.25) is 13.9 Å². The van der Waals surface area contributed by atoms with Crippen LogP contribution in [-0.2, 0) is 26.6 Å². The van der Waals surface area contributed by atoms with Gasteiger partial charge in [-0.1, -0.05) is 55.5 Å². The third-order valence-electron chi connectivity index (χ3n) is 6.32. The van der Waals surface area contributed by atoms with E-state index in [2.05, 4.69) is 24.0 Å². The minimum Gasteiger partial charge on any atom is -0.342 e. The van der Waals surface area contributed by atoms with Gasteiger partial charge in [-0.2, -0.15) is 4.98 Å². The van der Waals surface area contributed by atoms with Crippen molar-refractivity contribution < 1.29 is 4.39 Å². The Labute approximate surface area is 190 Å². The topological polar surface area (TPSA) is 65.1 Å². The van der Waals surface area contributed by atoms with Crippen molar-refractivity contribution in [2.75, 3.05) is 18.0 Å². The molecule has 0 saturated carbocycles. The van der Waals surface area contributed by atoms with E-state index in [0.29, 0.717) is 35.1 Å². The number of anilines is 1. The number of hydrogen-bond acceptors (Lipinski definition) is 4. The van der Waals surface area contributed by atoms with Crippen LogP contribution < -0.4 is 16.1 Å². The second-order valence-electron chi connectivity index (χ2n) is 8.81. The Balaban J connectivity index is 1.60. The molecule has 0 unspecified atom stereocenters. The number of aromatic nitrogens is 4. The molecule has 33 heavy (non-hydrogen) atoms. The van der Waals surface area contributed by atoms with Gasteiger partial charge in [0, 0.05) is 32.2 Å². The normalized spacial score (nSPS) is 15.7. The molecule has 0 aliphatic carbocycles. The molecule has 0 spiro atoms.